The highest BCUT2D eigenvalue weighted by molar-refractivity contribution is 6.08. The molecule has 0 radical (unpaired) electrons. The Morgan fingerprint density at radius 3 is 2.26 bits per heavy atom. The summed E-state index contributed by atoms with van der Waals surface area (Å²) in [5.74, 6) is -13.0. The average Bonchev–Trinajstić information content (AvgIpc) is 3.42. The monoisotopic (exact) mass is 703 g/mol. The van der Waals surface area contributed by atoms with Crippen molar-refractivity contribution < 1.29 is 65.6 Å². The van der Waals surface area contributed by atoms with Gasteiger partial charge in [0.1, 0.15) is 24.7 Å². The Bertz CT molecular complexity index is 1850. The summed E-state index contributed by atoms with van der Waals surface area (Å²) in [6, 6.07) is 5.28. The third-order valence-electron chi connectivity index (χ3n) is 8.09. The number of methoxy groups -OCH3 is 2. The molecular formula is C33H29F4N3O10. The highest BCUT2D eigenvalue weighted by Crippen LogP contribution is 2.40. The minimum atomic E-state index is -1.93. The van der Waals surface area contributed by atoms with Gasteiger partial charge in [-0.25, -0.2) is 13.6 Å². The molecule has 17 heteroatoms. The number of hydrogen-bond acceptors (Lipinski definition) is 9. The number of aryl methyl sites for hydroxylation is 1. The number of rotatable bonds is 12. The van der Waals surface area contributed by atoms with Crippen LogP contribution in [0.15, 0.2) is 42.5 Å². The minimum Gasteiger partial charge on any atom is -0.493 e. The SMILES string of the molecule is COc1cccc(OC(=O)NC2CCc3cccc4c3N(C2=O)C(C(=O)NC(CC(=O)O)C(=O)COc2c(F)c(F)cc(F)c2F)C4)c1OC. The van der Waals surface area contributed by atoms with Crippen molar-refractivity contribution in [2.24, 2.45) is 0 Å². The number of carbonyl (C=O) groups excluding carboxylic acids is 4. The first-order valence-corrected chi connectivity index (χ1v) is 15.0. The second kappa shape index (κ2) is 14.7. The van der Waals surface area contributed by atoms with E-state index in [1.807, 2.05) is 0 Å². The van der Waals surface area contributed by atoms with E-state index in [1.54, 1.807) is 30.3 Å². The number of aliphatic carboxylic acids is 1. The fourth-order valence-electron chi connectivity index (χ4n) is 5.79. The number of benzene rings is 3. The standard InChI is InChI=1S/C33H29F4N3O10/c1-47-23-7-4-8-24(29(23)48-2)50-33(46)39-19-10-9-15-5-3-6-16-11-21(40(28(15)16)32(19)45)31(44)38-20(13-25(42)43)22(41)14-49-30-26(36)17(34)12-18(35)27(30)37/h3-8,12,19-21H,9-11,13-14H2,1-2H3,(H,38,44)(H,39,46)(H,42,43). The number of ketones is 1. The Balaban J connectivity index is 1.34. The Kier molecular flexibility index (Phi) is 10.4. The molecular weight excluding hydrogens is 674 g/mol. The Hall–Kier alpha value is -5.87. The summed E-state index contributed by atoms with van der Waals surface area (Å²) in [7, 11) is 2.74. The van der Waals surface area contributed by atoms with Crippen LogP contribution in [0.4, 0.5) is 28.0 Å². The minimum absolute atomic E-state index is 0.000509. The number of carbonyl (C=O) groups is 5. The number of nitrogens with one attached hydrogen (secondary N) is 2. The fraction of sp³-hybridized carbons (Fsp3) is 0.303. The summed E-state index contributed by atoms with van der Waals surface area (Å²) in [4.78, 5) is 66.4. The molecule has 3 atom stereocenters. The van der Waals surface area contributed by atoms with Gasteiger partial charge < -0.3 is 34.7 Å². The lowest BCUT2D eigenvalue weighted by atomic mass is 10.0. The van der Waals surface area contributed by atoms with Gasteiger partial charge >= 0.3 is 12.1 Å². The van der Waals surface area contributed by atoms with E-state index in [2.05, 4.69) is 15.4 Å². The van der Waals surface area contributed by atoms with Crippen LogP contribution in [0.3, 0.4) is 0 Å². The highest BCUT2D eigenvalue weighted by atomic mass is 19.2. The second-order valence-electron chi connectivity index (χ2n) is 11.2. The first-order chi connectivity index (χ1) is 23.8. The average molecular weight is 704 g/mol. The first-order valence-electron chi connectivity index (χ1n) is 15.0. The summed E-state index contributed by atoms with van der Waals surface area (Å²) < 4.78 is 75.9. The van der Waals surface area contributed by atoms with Gasteiger partial charge in [-0.15, -0.1) is 0 Å². The van der Waals surface area contributed by atoms with Crippen molar-refractivity contribution in [3.05, 3.63) is 76.9 Å². The molecule has 13 nitrogen and oxygen atoms in total. The van der Waals surface area contributed by atoms with Crippen LogP contribution in [0.25, 0.3) is 0 Å². The predicted molar refractivity (Wildman–Crippen MR) is 163 cm³/mol. The first kappa shape index (κ1) is 35.4. The lowest BCUT2D eigenvalue weighted by molar-refractivity contribution is -0.140. The van der Waals surface area contributed by atoms with Crippen molar-refractivity contribution >= 4 is 35.3 Å². The fourth-order valence-corrected chi connectivity index (χ4v) is 5.79. The third-order valence-corrected chi connectivity index (χ3v) is 8.09. The van der Waals surface area contributed by atoms with Crippen LogP contribution in [0.1, 0.15) is 24.0 Å². The van der Waals surface area contributed by atoms with Crippen LogP contribution in [0.5, 0.6) is 23.0 Å². The Morgan fingerprint density at radius 2 is 1.60 bits per heavy atom. The van der Waals surface area contributed by atoms with Crippen molar-refractivity contribution in [2.45, 2.75) is 43.8 Å². The largest absolute Gasteiger partial charge is 0.493 e. The van der Waals surface area contributed by atoms with Crippen molar-refractivity contribution in [1.82, 2.24) is 10.6 Å². The van der Waals surface area contributed by atoms with Crippen molar-refractivity contribution in [1.29, 1.82) is 0 Å². The van der Waals surface area contributed by atoms with Crippen LogP contribution in [-0.4, -0.2) is 73.7 Å². The van der Waals surface area contributed by atoms with Crippen molar-refractivity contribution in [2.75, 3.05) is 25.7 Å². The van der Waals surface area contributed by atoms with Gasteiger partial charge in [-0.05, 0) is 36.1 Å². The maximum atomic E-state index is 14.1. The number of carboxylic acids is 1. The zero-order chi connectivity index (χ0) is 36.3. The summed E-state index contributed by atoms with van der Waals surface area (Å²) >= 11 is 0. The summed E-state index contributed by atoms with van der Waals surface area (Å²) in [6.07, 6.45) is -1.67. The molecule has 3 unspecified atom stereocenters. The van der Waals surface area contributed by atoms with Crippen LogP contribution in [0, 0.1) is 23.3 Å². The normalized spacial score (nSPS) is 16.8. The zero-order valence-corrected chi connectivity index (χ0v) is 26.4. The van der Waals surface area contributed by atoms with Gasteiger partial charge in [-0.3, -0.25) is 24.1 Å². The molecule has 2 heterocycles. The predicted octanol–water partition coefficient (Wildman–Crippen LogP) is 3.23. The number of Topliss-reactive ketones (excluding diaryl/α,β-unsaturated/α-hetero) is 1. The zero-order valence-electron chi connectivity index (χ0n) is 26.4. The molecule has 3 amide bonds. The molecule has 5 rings (SSSR count). The Labute approximate surface area is 281 Å². The van der Waals surface area contributed by atoms with E-state index in [0.717, 1.165) is 4.90 Å². The molecule has 0 saturated heterocycles. The molecule has 2 aliphatic rings. The molecule has 3 N–H and O–H groups in total. The van der Waals surface area contributed by atoms with E-state index < -0.39 is 89.8 Å². The molecule has 2 aliphatic heterocycles. The number of halogens is 4. The summed E-state index contributed by atoms with van der Waals surface area (Å²) in [6.45, 7) is -1.28. The van der Waals surface area contributed by atoms with E-state index in [9.17, 15) is 46.6 Å². The molecule has 0 fully saturated rings. The third kappa shape index (κ3) is 7.11. The molecule has 0 bridgehead atoms. The van der Waals surface area contributed by atoms with Gasteiger partial charge in [-0.1, -0.05) is 24.3 Å². The van der Waals surface area contributed by atoms with Crippen LogP contribution < -0.4 is 34.5 Å². The van der Waals surface area contributed by atoms with Gasteiger partial charge in [0.15, 0.2) is 34.7 Å². The van der Waals surface area contributed by atoms with E-state index in [0.29, 0.717) is 23.2 Å². The van der Waals surface area contributed by atoms with Crippen LogP contribution in [0.2, 0.25) is 0 Å². The number of para-hydroxylation sites is 2. The smallest absolute Gasteiger partial charge is 0.413 e. The van der Waals surface area contributed by atoms with Gasteiger partial charge in [0.25, 0.3) is 0 Å². The van der Waals surface area contributed by atoms with Gasteiger partial charge in [0, 0.05) is 12.5 Å². The molecule has 264 valence electrons. The highest BCUT2D eigenvalue weighted by Gasteiger charge is 2.45. The number of hydrogen-bond donors (Lipinski definition) is 3. The molecule has 0 aromatic heterocycles. The number of amides is 3. The van der Waals surface area contributed by atoms with Crippen LogP contribution >= 0.6 is 0 Å². The maximum Gasteiger partial charge on any atom is 0.413 e. The number of ether oxygens (including phenoxy) is 4. The topological polar surface area (TPSA) is 170 Å². The van der Waals surface area contributed by atoms with Gasteiger partial charge in [-0.2, -0.15) is 8.78 Å². The van der Waals surface area contributed by atoms with Crippen LogP contribution in [-0.2, 0) is 32.0 Å². The van der Waals surface area contributed by atoms with Crippen molar-refractivity contribution in [3.8, 4) is 23.0 Å². The number of nitrogens with zero attached hydrogens (tertiary/aromatic N) is 1. The number of anilines is 1. The molecule has 0 saturated carbocycles. The van der Waals surface area contributed by atoms with E-state index in [1.165, 1.54) is 20.3 Å². The summed E-state index contributed by atoms with van der Waals surface area (Å²) in [5.41, 5.74) is 1.67. The lowest BCUT2D eigenvalue weighted by Gasteiger charge is -2.29. The van der Waals surface area contributed by atoms with Gasteiger partial charge in [0.05, 0.1) is 26.3 Å². The van der Waals surface area contributed by atoms with E-state index >= 15 is 0 Å². The molecule has 3 aromatic rings. The molecule has 0 aliphatic carbocycles. The molecule has 50 heavy (non-hydrogen) atoms. The quantitative estimate of drug-likeness (QED) is 0.188. The molecule has 3 aromatic carbocycles. The second-order valence-corrected chi connectivity index (χ2v) is 11.2. The Morgan fingerprint density at radius 1 is 0.940 bits per heavy atom. The van der Waals surface area contributed by atoms with E-state index in [-0.39, 0.29) is 36.2 Å². The van der Waals surface area contributed by atoms with Crippen molar-refractivity contribution in [3.63, 3.8) is 0 Å². The maximum absolute atomic E-state index is 14.1. The molecule has 0 spiro atoms. The van der Waals surface area contributed by atoms with E-state index in [4.69, 9.17) is 14.2 Å². The van der Waals surface area contributed by atoms with Gasteiger partial charge in [0.2, 0.25) is 29.2 Å². The lowest BCUT2D eigenvalue weighted by Crippen LogP contribution is -2.57. The summed E-state index contributed by atoms with van der Waals surface area (Å²) in [5, 5.41) is 14.2. The number of carboxylic acid groups (broad SMARTS) is 1.